The number of piperidine rings is 1. The van der Waals surface area contributed by atoms with E-state index in [-0.39, 0.29) is 30.7 Å². The van der Waals surface area contributed by atoms with Crippen LogP contribution in [0.25, 0.3) is 6.08 Å². The summed E-state index contributed by atoms with van der Waals surface area (Å²) in [5, 5.41) is 15.1. The zero-order valence-electron chi connectivity index (χ0n) is 16.8. The average molecular weight is 426 g/mol. The molecule has 8 heteroatoms. The molecule has 1 aromatic rings. The number of aromatic amines is 1. The van der Waals surface area contributed by atoms with Gasteiger partial charge >= 0.3 is 0 Å². The number of allylic oxidation sites excluding steroid dienone is 2. The molecule has 1 aliphatic carbocycles. The van der Waals surface area contributed by atoms with E-state index in [4.69, 9.17) is 17.0 Å². The third-order valence-electron chi connectivity index (χ3n) is 6.07. The summed E-state index contributed by atoms with van der Waals surface area (Å²) in [6.07, 6.45) is 6.83. The van der Waals surface area contributed by atoms with Crippen molar-refractivity contribution in [1.82, 2.24) is 20.6 Å². The van der Waals surface area contributed by atoms with E-state index in [0.29, 0.717) is 35.8 Å². The Morgan fingerprint density at radius 2 is 2.17 bits per heavy atom. The van der Waals surface area contributed by atoms with E-state index in [1.54, 1.807) is 12.3 Å². The molecule has 3 rings (SSSR count). The van der Waals surface area contributed by atoms with Gasteiger partial charge in [-0.2, -0.15) is 0 Å². The van der Waals surface area contributed by atoms with Gasteiger partial charge in [0.2, 0.25) is 5.92 Å². The van der Waals surface area contributed by atoms with Crippen molar-refractivity contribution in [3.63, 3.8) is 0 Å². The van der Waals surface area contributed by atoms with Crippen molar-refractivity contribution < 1.29 is 8.78 Å². The lowest BCUT2D eigenvalue weighted by atomic mass is 9.81. The van der Waals surface area contributed by atoms with E-state index in [1.807, 2.05) is 7.05 Å². The highest BCUT2D eigenvalue weighted by Gasteiger charge is 2.38. The predicted molar refractivity (Wildman–Crippen MR) is 113 cm³/mol. The summed E-state index contributed by atoms with van der Waals surface area (Å²) < 4.78 is 26.9. The van der Waals surface area contributed by atoms with E-state index < -0.39 is 5.92 Å². The monoisotopic (exact) mass is 425 g/mol. The first-order valence-electron chi connectivity index (χ1n) is 10.3. The molecule has 0 aromatic carbocycles. The molecule has 0 spiro atoms. The molecule has 2 aliphatic rings. The number of nitrogens with one attached hydrogen (secondary N) is 4. The van der Waals surface area contributed by atoms with E-state index in [2.05, 4.69) is 27.2 Å². The maximum absolute atomic E-state index is 13.5. The van der Waals surface area contributed by atoms with Crippen LogP contribution in [0.5, 0.6) is 0 Å². The number of alkyl halides is 2. The zero-order valence-corrected chi connectivity index (χ0v) is 17.6. The first kappa shape index (κ1) is 22.0. The van der Waals surface area contributed by atoms with Crippen LogP contribution in [0.3, 0.4) is 0 Å². The molecule has 160 valence electrons. The minimum Gasteiger partial charge on any atom is -0.389 e. The van der Waals surface area contributed by atoms with Crippen LogP contribution >= 0.6 is 11.6 Å². The second-order valence-corrected chi connectivity index (χ2v) is 8.56. The molecule has 29 heavy (non-hydrogen) atoms. The standard InChI is InChI=1S/C21H30ClF2N5/c1-13-15(4-3-9-27-13)10-17(25)16(22)11-19-28-12-18(29-19)20(26-2)14-5-7-21(23,24)8-6-14/h11-12,14-15,20,25-27H,1,3-10H2,2H3,(H,28,29)/b16-11+,25-17?. The molecule has 5 nitrogen and oxygen atoms in total. The number of hydrogen-bond donors (Lipinski definition) is 4. The Morgan fingerprint density at radius 1 is 1.45 bits per heavy atom. The van der Waals surface area contributed by atoms with Gasteiger partial charge in [0.05, 0.1) is 28.7 Å². The van der Waals surface area contributed by atoms with Crippen LogP contribution in [-0.4, -0.2) is 35.2 Å². The minimum absolute atomic E-state index is 0.0596. The van der Waals surface area contributed by atoms with Crippen LogP contribution < -0.4 is 10.6 Å². The quantitative estimate of drug-likeness (QED) is 0.464. The van der Waals surface area contributed by atoms with Crippen LogP contribution in [-0.2, 0) is 0 Å². The van der Waals surface area contributed by atoms with Crippen molar-refractivity contribution in [2.75, 3.05) is 13.6 Å². The molecule has 2 unspecified atom stereocenters. The highest BCUT2D eigenvalue weighted by molar-refractivity contribution is 6.45. The summed E-state index contributed by atoms with van der Waals surface area (Å²) in [6.45, 7) is 4.97. The number of aromatic nitrogens is 2. The molecule has 1 saturated heterocycles. The number of H-pyrrole nitrogens is 1. The summed E-state index contributed by atoms with van der Waals surface area (Å²) >= 11 is 6.36. The van der Waals surface area contributed by atoms with Crippen LogP contribution in [0, 0.1) is 17.2 Å². The average Bonchev–Trinajstić information content (AvgIpc) is 3.13. The van der Waals surface area contributed by atoms with Crippen molar-refractivity contribution in [1.29, 1.82) is 5.41 Å². The lowest BCUT2D eigenvalue weighted by molar-refractivity contribution is -0.0496. The topological polar surface area (TPSA) is 76.6 Å². The van der Waals surface area contributed by atoms with Gasteiger partial charge in [-0.25, -0.2) is 13.8 Å². The van der Waals surface area contributed by atoms with Crippen molar-refractivity contribution in [3.8, 4) is 0 Å². The summed E-state index contributed by atoms with van der Waals surface area (Å²) in [4.78, 5) is 7.59. The smallest absolute Gasteiger partial charge is 0.248 e. The Labute approximate surface area is 175 Å². The molecule has 0 radical (unpaired) electrons. The van der Waals surface area contributed by atoms with Gasteiger partial charge in [0, 0.05) is 37.1 Å². The molecule has 0 bridgehead atoms. The Morgan fingerprint density at radius 3 is 2.83 bits per heavy atom. The van der Waals surface area contributed by atoms with Gasteiger partial charge in [-0.1, -0.05) is 18.2 Å². The molecule has 2 atom stereocenters. The first-order valence-corrected chi connectivity index (χ1v) is 10.6. The number of halogens is 3. The second-order valence-electron chi connectivity index (χ2n) is 8.15. The van der Waals surface area contributed by atoms with E-state index in [0.717, 1.165) is 30.8 Å². The van der Waals surface area contributed by atoms with Crippen LogP contribution in [0.4, 0.5) is 8.78 Å². The molecule has 1 aliphatic heterocycles. The maximum atomic E-state index is 13.5. The highest BCUT2D eigenvalue weighted by Crippen LogP contribution is 2.41. The van der Waals surface area contributed by atoms with Gasteiger partial charge in [-0.05, 0) is 45.1 Å². The van der Waals surface area contributed by atoms with Gasteiger partial charge in [-0.3, -0.25) is 0 Å². The summed E-state index contributed by atoms with van der Waals surface area (Å²) in [7, 11) is 1.83. The zero-order chi connectivity index (χ0) is 21.0. The van der Waals surface area contributed by atoms with Gasteiger partial charge in [-0.15, -0.1) is 0 Å². The third kappa shape index (κ3) is 5.66. The maximum Gasteiger partial charge on any atom is 0.248 e. The van der Waals surface area contributed by atoms with Crippen molar-refractivity contribution in [3.05, 3.63) is 35.0 Å². The largest absolute Gasteiger partial charge is 0.389 e. The number of rotatable bonds is 7. The van der Waals surface area contributed by atoms with Crippen LogP contribution in [0.15, 0.2) is 23.5 Å². The number of nitrogens with zero attached hydrogens (tertiary/aromatic N) is 1. The summed E-state index contributed by atoms with van der Waals surface area (Å²) in [5.74, 6) is -1.61. The molecule has 1 aromatic heterocycles. The fourth-order valence-electron chi connectivity index (χ4n) is 4.32. The lowest BCUT2D eigenvalue weighted by Gasteiger charge is -2.33. The van der Waals surface area contributed by atoms with E-state index >= 15 is 0 Å². The predicted octanol–water partition coefficient (Wildman–Crippen LogP) is 5.00. The van der Waals surface area contributed by atoms with E-state index in [9.17, 15) is 8.78 Å². The number of hydrogen-bond acceptors (Lipinski definition) is 4. The molecular weight excluding hydrogens is 396 g/mol. The van der Waals surface area contributed by atoms with Crippen molar-refractivity contribution >= 4 is 23.4 Å². The fourth-order valence-corrected chi connectivity index (χ4v) is 4.50. The molecule has 4 N–H and O–H groups in total. The molecule has 1 saturated carbocycles. The fraction of sp³-hybridized carbons (Fsp3) is 0.619. The van der Waals surface area contributed by atoms with Crippen LogP contribution in [0.2, 0.25) is 0 Å². The third-order valence-corrected chi connectivity index (χ3v) is 6.41. The summed E-state index contributed by atoms with van der Waals surface area (Å²) in [6, 6.07) is -0.0596. The highest BCUT2D eigenvalue weighted by atomic mass is 35.5. The Hall–Kier alpha value is -1.73. The number of imidazole rings is 1. The Bertz CT molecular complexity index is 763. The van der Waals surface area contributed by atoms with E-state index in [1.165, 1.54) is 0 Å². The second kappa shape index (κ2) is 9.39. The molecular formula is C21H30ClF2N5. The normalized spacial score (nSPS) is 24.2. The van der Waals surface area contributed by atoms with Gasteiger partial charge in [0.1, 0.15) is 5.82 Å². The van der Waals surface area contributed by atoms with Crippen molar-refractivity contribution in [2.45, 2.75) is 56.9 Å². The van der Waals surface area contributed by atoms with Crippen molar-refractivity contribution in [2.24, 2.45) is 11.8 Å². The molecule has 2 heterocycles. The SMILES string of the molecule is C=C1NCCCC1CC(=N)/C(Cl)=C\c1ncc(C(NC)C2CCC(F)(F)CC2)[nH]1. The summed E-state index contributed by atoms with van der Waals surface area (Å²) in [5.41, 5.74) is 2.19. The Balaban J connectivity index is 1.63. The molecule has 0 amide bonds. The van der Waals surface area contributed by atoms with Gasteiger partial charge < -0.3 is 21.0 Å². The Kier molecular flexibility index (Phi) is 7.11. The van der Waals surface area contributed by atoms with Gasteiger partial charge in [0.15, 0.2) is 0 Å². The lowest BCUT2D eigenvalue weighted by Crippen LogP contribution is -2.32. The minimum atomic E-state index is -2.54. The van der Waals surface area contributed by atoms with Crippen LogP contribution in [0.1, 0.15) is 62.5 Å². The molecule has 2 fully saturated rings. The van der Waals surface area contributed by atoms with Gasteiger partial charge in [0.25, 0.3) is 0 Å². The first-order chi connectivity index (χ1) is 13.8.